The molecule has 1 atom stereocenters. The Balaban J connectivity index is 1.43. The molecule has 0 aliphatic rings. The van der Waals surface area contributed by atoms with E-state index in [1.54, 1.807) is 13.4 Å². The highest BCUT2D eigenvalue weighted by Gasteiger charge is 2.15. The number of amides is 1. The van der Waals surface area contributed by atoms with Crippen LogP contribution in [0.3, 0.4) is 0 Å². The lowest BCUT2D eigenvalue weighted by Gasteiger charge is -2.11. The molecule has 28 heavy (non-hydrogen) atoms. The summed E-state index contributed by atoms with van der Waals surface area (Å²) in [4.78, 5) is 16.6. The van der Waals surface area contributed by atoms with Crippen LogP contribution in [0.5, 0.6) is 5.75 Å². The van der Waals surface area contributed by atoms with Crippen LogP contribution in [0.15, 0.2) is 67.1 Å². The molecule has 0 saturated carbocycles. The fourth-order valence-electron chi connectivity index (χ4n) is 2.96. The number of hydrogen-bond acceptors (Lipinski definition) is 4. The zero-order valence-corrected chi connectivity index (χ0v) is 16.0. The van der Waals surface area contributed by atoms with E-state index in [4.69, 9.17) is 10.5 Å². The van der Waals surface area contributed by atoms with Crippen molar-refractivity contribution >= 4 is 5.91 Å². The third kappa shape index (κ3) is 5.69. The van der Waals surface area contributed by atoms with Crippen LogP contribution in [0, 0.1) is 0 Å². The first-order valence-corrected chi connectivity index (χ1v) is 9.35. The minimum absolute atomic E-state index is 0.161. The molecule has 0 saturated heterocycles. The number of aromatic nitrogens is 2. The summed E-state index contributed by atoms with van der Waals surface area (Å²) in [5.41, 5.74) is 9.20. The van der Waals surface area contributed by atoms with Gasteiger partial charge in [-0.15, -0.1) is 0 Å². The molecule has 0 bridgehead atoms. The molecule has 1 heterocycles. The van der Waals surface area contributed by atoms with Crippen LogP contribution < -0.4 is 15.8 Å². The molecule has 6 nitrogen and oxygen atoms in total. The number of ether oxygens (including phenoxy) is 1. The van der Waals surface area contributed by atoms with Gasteiger partial charge in [0.05, 0.1) is 25.2 Å². The van der Waals surface area contributed by atoms with E-state index in [-0.39, 0.29) is 5.91 Å². The molecule has 3 N–H and O–H groups in total. The molecule has 3 rings (SSSR count). The third-order valence-electron chi connectivity index (χ3n) is 4.53. The van der Waals surface area contributed by atoms with Gasteiger partial charge in [0.1, 0.15) is 5.75 Å². The van der Waals surface area contributed by atoms with E-state index < -0.39 is 6.04 Å². The highest BCUT2D eigenvalue weighted by molar-refractivity contribution is 5.81. The number of nitrogens with two attached hydrogens (primary N) is 1. The first-order valence-electron chi connectivity index (χ1n) is 9.35. The zero-order valence-electron chi connectivity index (χ0n) is 16.0. The molecule has 0 unspecified atom stereocenters. The van der Waals surface area contributed by atoms with E-state index in [9.17, 15) is 4.79 Å². The number of carbonyl (C=O) groups excluding carboxylic acids is 1. The molecule has 3 aromatic rings. The quantitative estimate of drug-likeness (QED) is 0.598. The fraction of sp³-hybridized carbons (Fsp3) is 0.273. The molecular formula is C22H26N4O2. The summed E-state index contributed by atoms with van der Waals surface area (Å²) >= 11 is 0. The summed E-state index contributed by atoms with van der Waals surface area (Å²) in [6.07, 6.45) is 4.87. The second kappa shape index (κ2) is 9.71. The number of carbonyl (C=O) groups is 1. The van der Waals surface area contributed by atoms with E-state index in [2.05, 4.69) is 22.4 Å². The number of benzene rings is 2. The van der Waals surface area contributed by atoms with Crippen LogP contribution in [0.2, 0.25) is 0 Å². The van der Waals surface area contributed by atoms with Gasteiger partial charge in [-0.2, -0.15) is 0 Å². The van der Waals surface area contributed by atoms with E-state index >= 15 is 0 Å². The highest BCUT2D eigenvalue weighted by atomic mass is 16.5. The molecule has 1 aromatic heterocycles. The average molecular weight is 378 g/mol. The molecule has 0 radical (unpaired) electrons. The Morgan fingerprint density at radius 3 is 2.61 bits per heavy atom. The summed E-state index contributed by atoms with van der Waals surface area (Å²) in [5.74, 6) is 0.660. The summed E-state index contributed by atoms with van der Waals surface area (Å²) in [5, 5.41) is 2.90. The number of nitrogens with zero attached hydrogens (tertiary/aromatic N) is 2. The Bertz CT molecular complexity index is 875. The largest absolute Gasteiger partial charge is 0.497 e. The number of imidazole rings is 1. The smallest absolute Gasteiger partial charge is 0.237 e. The minimum Gasteiger partial charge on any atom is -0.497 e. The van der Waals surface area contributed by atoms with E-state index in [0.717, 1.165) is 30.0 Å². The van der Waals surface area contributed by atoms with Crippen molar-refractivity contribution in [2.45, 2.75) is 25.4 Å². The molecule has 1 amide bonds. The van der Waals surface area contributed by atoms with Crippen molar-refractivity contribution in [2.75, 3.05) is 13.7 Å². The number of nitrogens with one attached hydrogen (secondary N) is 1. The number of rotatable bonds is 9. The van der Waals surface area contributed by atoms with Crippen molar-refractivity contribution in [3.05, 3.63) is 83.9 Å². The maximum Gasteiger partial charge on any atom is 0.237 e. The summed E-state index contributed by atoms with van der Waals surface area (Å²) < 4.78 is 7.14. The van der Waals surface area contributed by atoms with Crippen LogP contribution in [-0.2, 0) is 24.2 Å². The van der Waals surface area contributed by atoms with Crippen molar-refractivity contribution in [3.8, 4) is 5.75 Å². The van der Waals surface area contributed by atoms with E-state index in [1.165, 1.54) is 5.56 Å². The van der Waals surface area contributed by atoms with Gasteiger partial charge in [-0.3, -0.25) is 4.79 Å². The minimum atomic E-state index is -0.615. The van der Waals surface area contributed by atoms with E-state index in [0.29, 0.717) is 13.0 Å². The third-order valence-corrected chi connectivity index (χ3v) is 4.53. The molecule has 2 aromatic carbocycles. The molecule has 6 heteroatoms. The predicted molar refractivity (Wildman–Crippen MR) is 109 cm³/mol. The Labute approximate surface area is 165 Å². The lowest BCUT2D eigenvalue weighted by Crippen LogP contribution is -2.42. The number of methoxy groups -OCH3 is 1. The van der Waals surface area contributed by atoms with Gasteiger partial charge in [-0.05, 0) is 29.7 Å². The van der Waals surface area contributed by atoms with Crippen molar-refractivity contribution in [1.29, 1.82) is 0 Å². The molecular weight excluding hydrogens is 352 g/mol. The van der Waals surface area contributed by atoms with Crippen LogP contribution in [-0.4, -0.2) is 35.2 Å². The van der Waals surface area contributed by atoms with Gasteiger partial charge < -0.3 is 20.4 Å². The normalized spacial score (nSPS) is 11.8. The Hall–Kier alpha value is -3.12. The van der Waals surface area contributed by atoms with Crippen molar-refractivity contribution in [1.82, 2.24) is 14.9 Å². The lowest BCUT2D eigenvalue weighted by molar-refractivity contribution is -0.122. The van der Waals surface area contributed by atoms with Gasteiger partial charge in [-0.1, -0.05) is 42.5 Å². The molecule has 0 aliphatic carbocycles. The Morgan fingerprint density at radius 1 is 1.14 bits per heavy atom. The highest BCUT2D eigenvalue weighted by Crippen LogP contribution is 2.11. The molecule has 0 aliphatic heterocycles. The monoisotopic (exact) mass is 378 g/mol. The second-order valence-electron chi connectivity index (χ2n) is 6.72. The standard InChI is InChI=1S/C22H26N4O2/c1-28-20-9-7-17(8-10-20)11-12-24-22(27)21(23)13-19-15-26(16-25-19)14-18-5-3-2-4-6-18/h2-10,15-16,21H,11-14,23H2,1H3,(H,24,27)/t21-/m0/s1. The second-order valence-corrected chi connectivity index (χ2v) is 6.72. The van der Waals surface area contributed by atoms with Gasteiger partial charge in [-0.25, -0.2) is 4.98 Å². The predicted octanol–water partition coefficient (Wildman–Crippen LogP) is 2.17. The van der Waals surface area contributed by atoms with Crippen LogP contribution in [0.25, 0.3) is 0 Å². The first-order chi connectivity index (χ1) is 13.6. The summed E-state index contributed by atoms with van der Waals surface area (Å²) in [7, 11) is 1.64. The molecule has 0 spiro atoms. The molecule has 146 valence electrons. The van der Waals surface area contributed by atoms with Gasteiger partial charge in [0.15, 0.2) is 0 Å². The summed E-state index contributed by atoms with van der Waals surface area (Å²) in [6, 6.07) is 17.4. The fourth-order valence-corrected chi connectivity index (χ4v) is 2.96. The summed E-state index contributed by atoms with van der Waals surface area (Å²) in [6.45, 7) is 1.29. The zero-order chi connectivity index (χ0) is 19.8. The first kappa shape index (κ1) is 19.6. The van der Waals surface area contributed by atoms with E-state index in [1.807, 2.05) is 53.2 Å². The van der Waals surface area contributed by atoms with Crippen LogP contribution in [0.1, 0.15) is 16.8 Å². The van der Waals surface area contributed by atoms with Gasteiger partial charge in [0.2, 0.25) is 5.91 Å². The average Bonchev–Trinajstić information content (AvgIpc) is 3.15. The SMILES string of the molecule is COc1ccc(CCNC(=O)[C@@H](N)Cc2cn(Cc3ccccc3)cn2)cc1. The molecule has 0 fully saturated rings. The maximum absolute atomic E-state index is 12.2. The Morgan fingerprint density at radius 2 is 1.89 bits per heavy atom. The van der Waals surface area contributed by atoms with Crippen molar-refractivity contribution in [2.24, 2.45) is 5.73 Å². The van der Waals surface area contributed by atoms with Crippen LogP contribution in [0.4, 0.5) is 0 Å². The number of hydrogen-bond donors (Lipinski definition) is 2. The lowest BCUT2D eigenvalue weighted by atomic mass is 10.1. The van der Waals surface area contributed by atoms with Crippen LogP contribution >= 0.6 is 0 Å². The van der Waals surface area contributed by atoms with Gasteiger partial charge >= 0.3 is 0 Å². The van der Waals surface area contributed by atoms with Crippen molar-refractivity contribution in [3.63, 3.8) is 0 Å². The van der Waals surface area contributed by atoms with Gasteiger partial charge in [0, 0.05) is 25.7 Å². The van der Waals surface area contributed by atoms with Crippen molar-refractivity contribution < 1.29 is 9.53 Å². The Kier molecular flexibility index (Phi) is 6.81. The maximum atomic E-state index is 12.2. The topological polar surface area (TPSA) is 82.2 Å². The van der Waals surface area contributed by atoms with Gasteiger partial charge in [0.25, 0.3) is 0 Å².